The van der Waals surface area contributed by atoms with Gasteiger partial charge in [-0.1, -0.05) is 31.0 Å². The molecule has 1 N–H and O–H groups in total. The summed E-state index contributed by atoms with van der Waals surface area (Å²) >= 11 is 0. The highest BCUT2D eigenvalue weighted by Gasteiger charge is 2.30. The molecule has 1 amide bonds. The molecule has 6 heteroatoms. The average molecular weight is 406 g/mol. The number of unbranched alkanes of at least 4 members (excludes halogenated alkanes) is 1. The maximum absolute atomic E-state index is 13.7. The first kappa shape index (κ1) is 20.5. The highest BCUT2D eigenvalue weighted by Crippen LogP contribution is 2.25. The van der Waals surface area contributed by atoms with Crippen LogP contribution in [0, 0.1) is 6.92 Å². The van der Waals surface area contributed by atoms with Crippen LogP contribution in [0.3, 0.4) is 0 Å². The molecule has 1 fully saturated rings. The number of carbonyl (C=O) groups excluding carboxylic acids is 1. The zero-order valence-electron chi connectivity index (χ0n) is 18.0. The number of nitrogens with one attached hydrogen (secondary N) is 1. The second-order valence-electron chi connectivity index (χ2n) is 8.34. The molecule has 4 rings (SSSR count). The van der Waals surface area contributed by atoms with Gasteiger partial charge in [-0.25, -0.2) is 0 Å². The van der Waals surface area contributed by atoms with Crippen LogP contribution in [0.5, 0.6) is 0 Å². The van der Waals surface area contributed by atoms with E-state index in [1.165, 1.54) is 12.8 Å². The fourth-order valence-corrected chi connectivity index (χ4v) is 4.32. The lowest BCUT2D eigenvalue weighted by atomic mass is 10.0. The Hall–Kier alpha value is -2.73. The van der Waals surface area contributed by atoms with Crippen molar-refractivity contribution < 1.29 is 4.79 Å². The van der Waals surface area contributed by atoms with Gasteiger partial charge in [0.05, 0.1) is 5.52 Å². The number of hydrogen-bond acceptors (Lipinski definition) is 4. The lowest BCUT2D eigenvalue weighted by Crippen LogP contribution is -2.47. The Bertz CT molecular complexity index is 976. The second kappa shape index (κ2) is 9.39. The Balaban J connectivity index is 1.58. The van der Waals surface area contributed by atoms with Crippen molar-refractivity contribution in [3.8, 4) is 0 Å². The highest BCUT2D eigenvalue weighted by molar-refractivity contribution is 6.04. The molecule has 2 aromatic heterocycles. The summed E-state index contributed by atoms with van der Waals surface area (Å²) in [6.45, 7) is 8.08. The third kappa shape index (κ3) is 4.54. The van der Waals surface area contributed by atoms with Gasteiger partial charge in [0.2, 0.25) is 0 Å². The largest absolute Gasteiger partial charge is 0.330 e. The minimum Gasteiger partial charge on any atom is -0.330 e. The van der Waals surface area contributed by atoms with Crippen LogP contribution < -0.4 is 0 Å². The first-order chi connectivity index (χ1) is 14.7. The first-order valence-corrected chi connectivity index (χ1v) is 11.0. The number of amides is 1. The molecule has 6 nitrogen and oxygen atoms in total. The topological polar surface area (TPSA) is 65.1 Å². The Morgan fingerprint density at radius 1 is 1.27 bits per heavy atom. The molecule has 3 heterocycles. The number of piperidine rings is 1. The molecule has 1 saturated heterocycles. The Labute approximate surface area is 178 Å². The van der Waals surface area contributed by atoms with Gasteiger partial charge in [0.25, 0.3) is 5.91 Å². The monoisotopic (exact) mass is 405 g/mol. The van der Waals surface area contributed by atoms with Crippen LogP contribution in [0.4, 0.5) is 0 Å². The van der Waals surface area contributed by atoms with Gasteiger partial charge in [-0.15, -0.1) is 0 Å². The van der Waals surface area contributed by atoms with Crippen LogP contribution in [0.1, 0.15) is 54.2 Å². The molecule has 0 atom stereocenters. The van der Waals surface area contributed by atoms with E-state index in [1.54, 1.807) is 6.20 Å². The summed E-state index contributed by atoms with van der Waals surface area (Å²) in [4.78, 5) is 22.5. The van der Waals surface area contributed by atoms with Crippen LogP contribution in [-0.4, -0.2) is 56.6 Å². The van der Waals surface area contributed by atoms with E-state index in [-0.39, 0.29) is 11.9 Å². The van der Waals surface area contributed by atoms with Gasteiger partial charge in [0.1, 0.15) is 0 Å². The highest BCUT2D eigenvalue weighted by atomic mass is 16.2. The van der Waals surface area contributed by atoms with Crippen LogP contribution in [0.15, 0.2) is 42.7 Å². The van der Waals surface area contributed by atoms with Gasteiger partial charge in [0.15, 0.2) is 5.69 Å². The van der Waals surface area contributed by atoms with Crippen LogP contribution >= 0.6 is 0 Å². The maximum atomic E-state index is 13.7. The summed E-state index contributed by atoms with van der Waals surface area (Å²) < 4.78 is 0. The van der Waals surface area contributed by atoms with Crippen molar-refractivity contribution in [3.63, 3.8) is 0 Å². The molecular formula is C24H31N5O. The molecule has 0 saturated carbocycles. The summed E-state index contributed by atoms with van der Waals surface area (Å²) in [5.74, 6) is 0.00251. The predicted octanol–water partition coefficient (Wildman–Crippen LogP) is 4.17. The summed E-state index contributed by atoms with van der Waals surface area (Å²) in [6, 6.07) is 10.3. The molecule has 158 valence electrons. The van der Waals surface area contributed by atoms with E-state index in [9.17, 15) is 4.79 Å². The number of carbonyl (C=O) groups is 1. The van der Waals surface area contributed by atoms with Crippen molar-refractivity contribution >= 4 is 16.8 Å². The number of H-pyrrole nitrogens is 1. The Morgan fingerprint density at radius 3 is 2.83 bits per heavy atom. The fraction of sp³-hybridized carbons (Fsp3) is 0.458. The predicted molar refractivity (Wildman–Crippen MR) is 119 cm³/mol. The third-order valence-corrected chi connectivity index (χ3v) is 6.08. The van der Waals surface area contributed by atoms with E-state index in [2.05, 4.69) is 27.0 Å². The molecule has 0 aliphatic carbocycles. The third-order valence-electron chi connectivity index (χ3n) is 6.08. The van der Waals surface area contributed by atoms with E-state index in [4.69, 9.17) is 0 Å². The van der Waals surface area contributed by atoms with Crippen molar-refractivity contribution in [2.24, 2.45) is 0 Å². The average Bonchev–Trinajstić information content (AvgIpc) is 3.20. The molecule has 1 aliphatic heterocycles. The Morgan fingerprint density at radius 2 is 2.10 bits per heavy atom. The number of aromatic nitrogens is 3. The quantitative estimate of drug-likeness (QED) is 0.641. The van der Waals surface area contributed by atoms with E-state index in [1.807, 2.05) is 48.4 Å². The van der Waals surface area contributed by atoms with Crippen molar-refractivity contribution in [1.82, 2.24) is 25.0 Å². The van der Waals surface area contributed by atoms with Crippen molar-refractivity contribution in [1.29, 1.82) is 0 Å². The van der Waals surface area contributed by atoms with E-state index < -0.39 is 0 Å². The van der Waals surface area contributed by atoms with Gasteiger partial charge >= 0.3 is 0 Å². The van der Waals surface area contributed by atoms with Crippen LogP contribution in [-0.2, 0) is 6.54 Å². The number of rotatable bonds is 7. The number of pyridine rings is 1. The van der Waals surface area contributed by atoms with Crippen LogP contribution in [0.25, 0.3) is 10.9 Å². The zero-order valence-corrected chi connectivity index (χ0v) is 18.0. The lowest BCUT2D eigenvalue weighted by Gasteiger charge is -2.38. The van der Waals surface area contributed by atoms with E-state index >= 15 is 0 Å². The standard InChI is InChI=1S/C24H31N5O/c1-3-4-12-28-13-9-20(10-14-28)29(17-19-6-5-11-25-16-19)24(30)23-21-15-18(2)7-8-22(21)26-27-23/h5-8,11,15-16,20H,3-4,9-10,12-14,17H2,1-2H3,(H,26,27). The van der Waals surface area contributed by atoms with Gasteiger partial charge in [-0.3, -0.25) is 14.9 Å². The normalized spacial score (nSPS) is 15.5. The first-order valence-electron chi connectivity index (χ1n) is 11.0. The second-order valence-corrected chi connectivity index (χ2v) is 8.34. The molecular weight excluding hydrogens is 374 g/mol. The van der Waals surface area contributed by atoms with Gasteiger partial charge in [0, 0.05) is 43.5 Å². The number of aryl methyl sites for hydroxylation is 1. The molecule has 0 radical (unpaired) electrons. The number of fused-ring (bicyclic) bond motifs is 1. The minimum absolute atomic E-state index is 0.00251. The fourth-order valence-electron chi connectivity index (χ4n) is 4.32. The maximum Gasteiger partial charge on any atom is 0.275 e. The smallest absolute Gasteiger partial charge is 0.275 e. The van der Waals surface area contributed by atoms with Crippen LogP contribution in [0.2, 0.25) is 0 Å². The summed E-state index contributed by atoms with van der Waals surface area (Å²) in [5.41, 5.74) is 3.60. The number of hydrogen-bond donors (Lipinski definition) is 1. The number of likely N-dealkylation sites (tertiary alicyclic amines) is 1. The summed E-state index contributed by atoms with van der Waals surface area (Å²) in [5, 5.41) is 8.34. The van der Waals surface area contributed by atoms with Gasteiger partial charge < -0.3 is 9.80 Å². The number of benzene rings is 1. The van der Waals surface area contributed by atoms with Crippen molar-refractivity contribution in [2.75, 3.05) is 19.6 Å². The Kier molecular flexibility index (Phi) is 6.43. The lowest BCUT2D eigenvalue weighted by molar-refractivity contribution is 0.0544. The molecule has 1 aromatic carbocycles. The molecule has 0 bridgehead atoms. The molecule has 0 unspecified atom stereocenters. The van der Waals surface area contributed by atoms with E-state index in [0.717, 1.165) is 54.5 Å². The van der Waals surface area contributed by atoms with Gasteiger partial charge in [-0.2, -0.15) is 5.10 Å². The number of nitrogens with zero attached hydrogens (tertiary/aromatic N) is 4. The molecule has 30 heavy (non-hydrogen) atoms. The van der Waals surface area contributed by atoms with Crippen molar-refractivity contribution in [3.05, 3.63) is 59.5 Å². The number of aromatic amines is 1. The molecule has 3 aromatic rings. The SMILES string of the molecule is CCCCN1CCC(N(Cc2cccnc2)C(=O)c2n[nH]c3ccc(C)cc23)CC1. The van der Waals surface area contributed by atoms with E-state index in [0.29, 0.717) is 12.2 Å². The molecule has 0 spiro atoms. The van der Waals surface area contributed by atoms with Crippen molar-refractivity contribution in [2.45, 2.75) is 52.1 Å². The summed E-state index contributed by atoms with van der Waals surface area (Å²) in [7, 11) is 0. The summed E-state index contributed by atoms with van der Waals surface area (Å²) in [6.07, 6.45) is 8.07. The minimum atomic E-state index is 0.00251. The zero-order chi connectivity index (χ0) is 20.9. The van der Waals surface area contributed by atoms with Gasteiger partial charge in [-0.05, 0) is 56.5 Å². The molecule has 1 aliphatic rings.